The van der Waals surface area contributed by atoms with Crippen molar-refractivity contribution in [3.8, 4) is 5.75 Å². The summed E-state index contributed by atoms with van der Waals surface area (Å²) in [6, 6.07) is 8.82. The Morgan fingerprint density at radius 2 is 2.06 bits per heavy atom. The molecule has 1 atom stereocenters. The molecule has 3 heterocycles. The van der Waals surface area contributed by atoms with Gasteiger partial charge in [-0.25, -0.2) is 9.78 Å². The van der Waals surface area contributed by atoms with Crippen LogP contribution in [-0.2, 0) is 14.3 Å². The van der Waals surface area contributed by atoms with Crippen LogP contribution >= 0.6 is 11.3 Å². The van der Waals surface area contributed by atoms with E-state index in [0.717, 1.165) is 29.1 Å². The number of aryl methyl sites for hydroxylation is 1. The third-order valence-corrected chi connectivity index (χ3v) is 6.63. The van der Waals surface area contributed by atoms with Gasteiger partial charge in [-0.05, 0) is 37.6 Å². The number of nitrogens with zero attached hydrogens (tertiary/aromatic N) is 2. The van der Waals surface area contributed by atoms with E-state index < -0.39 is 23.7 Å². The molecular formula is C25H24N2O7S. The van der Waals surface area contributed by atoms with Crippen LogP contribution in [-0.4, -0.2) is 41.5 Å². The van der Waals surface area contributed by atoms with Gasteiger partial charge in [0, 0.05) is 5.56 Å². The molecule has 4 rings (SSSR count). The van der Waals surface area contributed by atoms with Gasteiger partial charge in [0.1, 0.15) is 28.2 Å². The third kappa shape index (κ3) is 4.57. The number of amides is 1. The third-order valence-electron chi connectivity index (χ3n) is 5.49. The van der Waals surface area contributed by atoms with Gasteiger partial charge >= 0.3 is 11.9 Å². The normalized spacial score (nSPS) is 17.1. The van der Waals surface area contributed by atoms with E-state index in [2.05, 4.69) is 11.9 Å². The Kier molecular flexibility index (Phi) is 7.02. The number of hydrogen-bond donors (Lipinski definition) is 1. The second-order valence-corrected chi connectivity index (χ2v) is 8.79. The number of ether oxygens (including phenoxy) is 2. The van der Waals surface area contributed by atoms with Gasteiger partial charge in [0.2, 0.25) is 0 Å². The number of aromatic nitrogens is 1. The van der Waals surface area contributed by atoms with Crippen molar-refractivity contribution < 1.29 is 33.4 Å². The highest BCUT2D eigenvalue weighted by molar-refractivity contribution is 7.17. The molecule has 1 aromatic carbocycles. The zero-order chi connectivity index (χ0) is 25.1. The highest BCUT2D eigenvalue weighted by Crippen LogP contribution is 2.44. The SMILES string of the molecule is CCCCOc1cccc(/C(O)=C2\C(=O)C(=O)N(c3nc(C)c(C(=O)OC)s3)C2c2ccco2)c1. The van der Waals surface area contributed by atoms with Gasteiger partial charge in [-0.15, -0.1) is 0 Å². The van der Waals surface area contributed by atoms with Gasteiger partial charge in [-0.1, -0.05) is 36.8 Å². The van der Waals surface area contributed by atoms with Crippen molar-refractivity contribution in [3.63, 3.8) is 0 Å². The van der Waals surface area contributed by atoms with Gasteiger partial charge in [-0.3, -0.25) is 14.5 Å². The Labute approximate surface area is 205 Å². The van der Waals surface area contributed by atoms with Crippen LogP contribution in [0.1, 0.15) is 52.5 Å². The summed E-state index contributed by atoms with van der Waals surface area (Å²) in [6.07, 6.45) is 3.26. The molecule has 1 N–H and O–H groups in total. The van der Waals surface area contributed by atoms with Crippen molar-refractivity contribution in [2.75, 3.05) is 18.6 Å². The number of rotatable bonds is 8. The first-order valence-electron chi connectivity index (χ1n) is 11.0. The van der Waals surface area contributed by atoms with Crippen molar-refractivity contribution in [1.29, 1.82) is 0 Å². The molecule has 182 valence electrons. The smallest absolute Gasteiger partial charge is 0.350 e. The fourth-order valence-electron chi connectivity index (χ4n) is 3.74. The predicted molar refractivity (Wildman–Crippen MR) is 129 cm³/mol. The van der Waals surface area contributed by atoms with Crippen LogP contribution in [0.3, 0.4) is 0 Å². The number of aliphatic hydroxyl groups is 1. The number of benzene rings is 1. The first-order chi connectivity index (χ1) is 16.9. The number of furan rings is 1. The Morgan fingerprint density at radius 3 is 2.74 bits per heavy atom. The molecule has 1 saturated heterocycles. The van der Waals surface area contributed by atoms with E-state index in [4.69, 9.17) is 13.9 Å². The average molecular weight is 497 g/mol. The summed E-state index contributed by atoms with van der Waals surface area (Å²) < 4.78 is 16.1. The maximum absolute atomic E-state index is 13.2. The standard InChI is InChI=1S/C25H24N2O7S/c1-4-5-11-33-16-9-6-8-15(13-16)20(28)18-19(17-10-7-12-34-17)27(23(30)21(18)29)25-26-14(2)22(35-25)24(31)32-3/h6-10,12-13,19,28H,4-5,11H2,1-3H3/b20-18+. The molecule has 2 aromatic heterocycles. The summed E-state index contributed by atoms with van der Waals surface area (Å²) in [5.74, 6) is -1.97. The topological polar surface area (TPSA) is 119 Å². The molecule has 0 bridgehead atoms. The summed E-state index contributed by atoms with van der Waals surface area (Å²) in [6.45, 7) is 4.18. The lowest BCUT2D eigenvalue weighted by atomic mass is 9.99. The molecule has 0 aliphatic carbocycles. The van der Waals surface area contributed by atoms with Gasteiger partial charge in [0.25, 0.3) is 5.78 Å². The number of unbranched alkanes of at least 4 members (excludes halogenated alkanes) is 1. The zero-order valence-electron chi connectivity index (χ0n) is 19.4. The summed E-state index contributed by atoms with van der Waals surface area (Å²) in [4.78, 5) is 44.1. The summed E-state index contributed by atoms with van der Waals surface area (Å²) in [5.41, 5.74) is 0.524. The zero-order valence-corrected chi connectivity index (χ0v) is 20.3. The van der Waals surface area contributed by atoms with E-state index in [1.165, 1.54) is 13.4 Å². The molecule has 10 heteroatoms. The highest BCUT2D eigenvalue weighted by Gasteiger charge is 2.49. The number of esters is 1. The summed E-state index contributed by atoms with van der Waals surface area (Å²) in [5, 5.41) is 11.3. The monoisotopic (exact) mass is 496 g/mol. The number of Topliss-reactive ketones (excluding diaryl/α,β-unsaturated/α-hetero) is 1. The highest BCUT2D eigenvalue weighted by atomic mass is 32.1. The molecule has 1 amide bonds. The van der Waals surface area contributed by atoms with Crippen molar-refractivity contribution >= 4 is 39.9 Å². The van der Waals surface area contributed by atoms with E-state index in [9.17, 15) is 19.5 Å². The van der Waals surface area contributed by atoms with Crippen LogP contribution in [0, 0.1) is 6.92 Å². The Morgan fingerprint density at radius 1 is 1.26 bits per heavy atom. The molecule has 0 spiro atoms. The van der Waals surface area contributed by atoms with Gasteiger partial charge in [0.15, 0.2) is 5.13 Å². The molecule has 1 aliphatic rings. The number of methoxy groups -OCH3 is 1. The lowest BCUT2D eigenvalue weighted by molar-refractivity contribution is -0.132. The number of thiazole rings is 1. The van der Waals surface area contributed by atoms with Crippen molar-refractivity contribution in [1.82, 2.24) is 4.98 Å². The van der Waals surface area contributed by atoms with E-state index >= 15 is 0 Å². The molecule has 0 saturated carbocycles. The summed E-state index contributed by atoms with van der Waals surface area (Å²) in [7, 11) is 1.25. The molecule has 3 aromatic rings. The van der Waals surface area contributed by atoms with Crippen LogP contribution in [0.4, 0.5) is 5.13 Å². The minimum Gasteiger partial charge on any atom is -0.507 e. The number of hydrogen-bond acceptors (Lipinski definition) is 9. The van der Waals surface area contributed by atoms with Crippen LogP contribution in [0.2, 0.25) is 0 Å². The number of carbonyl (C=O) groups excluding carboxylic acids is 3. The largest absolute Gasteiger partial charge is 0.507 e. The second kappa shape index (κ2) is 10.1. The lowest BCUT2D eigenvalue weighted by Gasteiger charge is -2.20. The van der Waals surface area contributed by atoms with Crippen molar-refractivity contribution in [2.24, 2.45) is 0 Å². The molecular weight excluding hydrogens is 472 g/mol. The van der Waals surface area contributed by atoms with Crippen LogP contribution in [0.15, 0.2) is 52.7 Å². The average Bonchev–Trinajstić information content (AvgIpc) is 3.58. The Bertz CT molecular complexity index is 1290. The van der Waals surface area contributed by atoms with Crippen LogP contribution in [0.25, 0.3) is 5.76 Å². The molecule has 1 unspecified atom stereocenters. The predicted octanol–water partition coefficient (Wildman–Crippen LogP) is 4.64. The minimum absolute atomic E-state index is 0.113. The van der Waals surface area contributed by atoms with Crippen molar-refractivity contribution in [2.45, 2.75) is 32.7 Å². The number of aliphatic hydroxyl groups excluding tert-OH is 1. The number of anilines is 1. The fraction of sp³-hybridized carbons (Fsp3) is 0.280. The fourth-order valence-corrected chi connectivity index (χ4v) is 4.75. The molecule has 1 aliphatic heterocycles. The first kappa shape index (κ1) is 24.2. The maximum atomic E-state index is 13.2. The maximum Gasteiger partial charge on any atom is 0.350 e. The van der Waals surface area contributed by atoms with Crippen LogP contribution < -0.4 is 9.64 Å². The van der Waals surface area contributed by atoms with E-state index in [1.54, 1.807) is 43.3 Å². The van der Waals surface area contributed by atoms with Crippen molar-refractivity contribution in [3.05, 3.63) is 70.1 Å². The van der Waals surface area contributed by atoms with E-state index in [1.807, 2.05) is 0 Å². The van der Waals surface area contributed by atoms with E-state index in [0.29, 0.717) is 23.6 Å². The molecule has 1 fully saturated rings. The quantitative estimate of drug-likeness (QED) is 0.158. The summed E-state index contributed by atoms with van der Waals surface area (Å²) >= 11 is 0.921. The number of ketones is 1. The van der Waals surface area contributed by atoms with Gasteiger partial charge < -0.3 is 19.0 Å². The lowest BCUT2D eigenvalue weighted by Crippen LogP contribution is -2.29. The van der Waals surface area contributed by atoms with Gasteiger partial charge in [0.05, 0.1) is 31.2 Å². The number of carbonyl (C=O) groups is 3. The second-order valence-electron chi connectivity index (χ2n) is 7.82. The minimum atomic E-state index is -1.08. The van der Waals surface area contributed by atoms with Crippen LogP contribution in [0.5, 0.6) is 5.75 Å². The Balaban J connectivity index is 1.81. The molecule has 9 nitrogen and oxygen atoms in total. The molecule has 0 radical (unpaired) electrons. The van der Waals surface area contributed by atoms with E-state index in [-0.39, 0.29) is 27.1 Å². The Hall–Kier alpha value is -3.92. The molecule has 35 heavy (non-hydrogen) atoms. The van der Waals surface area contributed by atoms with Gasteiger partial charge in [-0.2, -0.15) is 0 Å². The first-order valence-corrected chi connectivity index (χ1v) is 11.8.